The van der Waals surface area contributed by atoms with Crippen LogP contribution < -0.4 is 0 Å². The van der Waals surface area contributed by atoms with E-state index in [4.69, 9.17) is 21.1 Å². The second-order valence-electron chi connectivity index (χ2n) is 3.62. The first-order valence-electron chi connectivity index (χ1n) is 4.98. The normalized spacial score (nSPS) is 11.8. The number of benzene rings is 1. The van der Waals surface area contributed by atoms with Gasteiger partial charge >= 0.3 is 6.18 Å². The second-order valence-corrected chi connectivity index (χ2v) is 4.02. The summed E-state index contributed by atoms with van der Waals surface area (Å²) >= 11 is 5.84. The van der Waals surface area contributed by atoms with Crippen molar-refractivity contribution >= 4 is 11.6 Å². The van der Waals surface area contributed by atoms with Crippen LogP contribution in [0.25, 0.3) is 11.3 Å². The Morgan fingerprint density at radius 2 is 1.89 bits per heavy atom. The first-order chi connectivity index (χ1) is 8.41. The molecule has 1 heterocycles. The molecule has 0 aliphatic carbocycles. The van der Waals surface area contributed by atoms with E-state index in [0.29, 0.717) is 0 Å². The van der Waals surface area contributed by atoms with Gasteiger partial charge in [0.15, 0.2) is 0 Å². The minimum atomic E-state index is -4.44. The van der Waals surface area contributed by atoms with Crippen LogP contribution in [0.4, 0.5) is 13.2 Å². The average Bonchev–Trinajstić information content (AvgIpc) is 2.76. The first-order valence-corrected chi connectivity index (χ1v) is 5.36. The topological polar surface area (TPSA) is 33.4 Å². The molecule has 0 aliphatic rings. The summed E-state index contributed by atoms with van der Waals surface area (Å²) in [5.41, 5.74) is -0.657. The zero-order valence-corrected chi connectivity index (χ0v) is 9.72. The Kier molecular flexibility index (Phi) is 3.36. The van der Waals surface area contributed by atoms with Gasteiger partial charge in [0.1, 0.15) is 18.1 Å². The quantitative estimate of drug-likeness (QED) is 0.895. The Labute approximate surface area is 106 Å². The van der Waals surface area contributed by atoms with Crippen LogP contribution >= 0.6 is 11.6 Å². The molecular formula is C12H8ClF3O2. The van der Waals surface area contributed by atoms with E-state index in [0.717, 1.165) is 12.1 Å². The smallest absolute Gasteiger partial charge is 0.416 e. The van der Waals surface area contributed by atoms with Gasteiger partial charge in [0.05, 0.1) is 10.6 Å². The van der Waals surface area contributed by atoms with Crippen LogP contribution in [0.1, 0.15) is 11.3 Å². The van der Waals surface area contributed by atoms with Crippen molar-refractivity contribution in [2.24, 2.45) is 0 Å². The van der Waals surface area contributed by atoms with Crippen molar-refractivity contribution in [1.82, 2.24) is 0 Å². The Bertz CT molecular complexity index is 561. The molecule has 1 aromatic heterocycles. The van der Waals surface area contributed by atoms with Crippen LogP contribution in [-0.2, 0) is 12.8 Å². The lowest BCUT2D eigenvalue weighted by molar-refractivity contribution is -0.137. The molecule has 0 fully saturated rings. The Morgan fingerprint density at radius 3 is 2.44 bits per heavy atom. The molecular weight excluding hydrogens is 269 g/mol. The SMILES string of the molecule is OCc1ccc(-c2cc(C(F)(F)F)ccc2Cl)o1. The van der Waals surface area contributed by atoms with Crippen molar-refractivity contribution in [3.63, 3.8) is 0 Å². The van der Waals surface area contributed by atoms with Crippen LogP contribution in [0.2, 0.25) is 5.02 Å². The lowest BCUT2D eigenvalue weighted by Crippen LogP contribution is -2.04. The lowest BCUT2D eigenvalue weighted by atomic mass is 10.1. The fourth-order valence-corrected chi connectivity index (χ4v) is 1.71. The predicted octanol–water partition coefficient (Wildman–Crippen LogP) is 4.11. The number of hydrogen-bond acceptors (Lipinski definition) is 2. The number of alkyl halides is 3. The number of aliphatic hydroxyl groups excluding tert-OH is 1. The summed E-state index contributed by atoms with van der Waals surface area (Å²) in [6, 6.07) is 5.93. The molecule has 2 nitrogen and oxygen atoms in total. The number of rotatable bonds is 2. The Balaban J connectivity index is 2.49. The van der Waals surface area contributed by atoms with Crippen LogP contribution in [0.5, 0.6) is 0 Å². The summed E-state index contributed by atoms with van der Waals surface area (Å²) in [6.07, 6.45) is -4.44. The summed E-state index contributed by atoms with van der Waals surface area (Å²) in [7, 11) is 0. The maximum absolute atomic E-state index is 12.6. The summed E-state index contributed by atoms with van der Waals surface area (Å²) in [5, 5.41) is 9.00. The van der Waals surface area contributed by atoms with Crippen LogP contribution in [0.15, 0.2) is 34.7 Å². The van der Waals surface area contributed by atoms with Gasteiger partial charge in [-0.3, -0.25) is 0 Å². The maximum Gasteiger partial charge on any atom is 0.416 e. The zero-order valence-electron chi connectivity index (χ0n) is 8.96. The van der Waals surface area contributed by atoms with Gasteiger partial charge in [-0.1, -0.05) is 11.6 Å². The fourth-order valence-electron chi connectivity index (χ4n) is 1.50. The predicted molar refractivity (Wildman–Crippen MR) is 60.1 cm³/mol. The fraction of sp³-hybridized carbons (Fsp3) is 0.167. The van der Waals surface area contributed by atoms with Crippen molar-refractivity contribution < 1.29 is 22.7 Å². The van der Waals surface area contributed by atoms with Crippen molar-refractivity contribution in [2.45, 2.75) is 12.8 Å². The van der Waals surface area contributed by atoms with Gasteiger partial charge in [0, 0.05) is 5.56 Å². The summed E-state index contributed by atoms with van der Waals surface area (Å²) in [5.74, 6) is 0.452. The molecule has 96 valence electrons. The van der Waals surface area contributed by atoms with Crippen molar-refractivity contribution in [3.8, 4) is 11.3 Å². The third-order valence-corrected chi connectivity index (χ3v) is 2.71. The van der Waals surface area contributed by atoms with Crippen LogP contribution in [0.3, 0.4) is 0 Å². The van der Waals surface area contributed by atoms with Crippen LogP contribution in [-0.4, -0.2) is 5.11 Å². The van der Waals surface area contributed by atoms with E-state index in [1.807, 2.05) is 0 Å². The Hall–Kier alpha value is -1.46. The molecule has 18 heavy (non-hydrogen) atoms. The summed E-state index contributed by atoms with van der Waals surface area (Å²) in [4.78, 5) is 0. The minimum absolute atomic E-state index is 0.145. The highest BCUT2D eigenvalue weighted by Gasteiger charge is 2.31. The van der Waals surface area contributed by atoms with E-state index in [2.05, 4.69) is 0 Å². The van der Waals surface area contributed by atoms with Crippen molar-refractivity contribution in [1.29, 1.82) is 0 Å². The molecule has 6 heteroatoms. The summed E-state index contributed by atoms with van der Waals surface area (Å²) < 4.78 is 42.9. The highest BCUT2D eigenvalue weighted by atomic mass is 35.5. The molecule has 0 saturated heterocycles. The monoisotopic (exact) mass is 276 g/mol. The standard InChI is InChI=1S/C12H8ClF3O2/c13-10-3-1-7(12(14,15)16)5-9(10)11-4-2-8(6-17)18-11/h1-5,17H,6H2. The number of aliphatic hydroxyl groups is 1. The molecule has 1 N–H and O–H groups in total. The number of furan rings is 1. The lowest BCUT2D eigenvalue weighted by Gasteiger charge is -2.09. The first kappa shape index (κ1) is 13.0. The number of halogens is 4. The maximum atomic E-state index is 12.6. The third-order valence-electron chi connectivity index (χ3n) is 2.38. The van der Waals surface area contributed by atoms with Crippen molar-refractivity contribution in [2.75, 3.05) is 0 Å². The van der Waals surface area contributed by atoms with Gasteiger partial charge in [-0.05, 0) is 30.3 Å². The Morgan fingerprint density at radius 1 is 1.17 bits per heavy atom. The van der Waals surface area contributed by atoms with E-state index in [9.17, 15) is 13.2 Å². The molecule has 0 spiro atoms. The molecule has 0 unspecified atom stereocenters. The van der Waals surface area contributed by atoms with E-state index < -0.39 is 11.7 Å². The number of hydrogen-bond donors (Lipinski definition) is 1. The molecule has 0 amide bonds. The largest absolute Gasteiger partial charge is 0.459 e. The van der Waals surface area contributed by atoms with Gasteiger partial charge in [-0.25, -0.2) is 0 Å². The molecule has 0 radical (unpaired) electrons. The van der Waals surface area contributed by atoms with Gasteiger partial charge < -0.3 is 9.52 Å². The zero-order chi connectivity index (χ0) is 13.3. The van der Waals surface area contributed by atoms with E-state index in [1.54, 1.807) is 0 Å². The average molecular weight is 277 g/mol. The van der Waals surface area contributed by atoms with Gasteiger partial charge in [-0.2, -0.15) is 13.2 Å². The van der Waals surface area contributed by atoms with Crippen molar-refractivity contribution in [3.05, 3.63) is 46.7 Å². The third kappa shape index (κ3) is 2.52. The molecule has 2 aromatic rings. The molecule has 0 aliphatic heterocycles. The highest BCUT2D eigenvalue weighted by Crippen LogP contribution is 2.36. The van der Waals surface area contributed by atoms with E-state index in [-0.39, 0.29) is 28.7 Å². The molecule has 0 bridgehead atoms. The molecule has 2 rings (SSSR count). The highest BCUT2D eigenvalue weighted by molar-refractivity contribution is 6.33. The van der Waals surface area contributed by atoms with Gasteiger partial charge in [-0.15, -0.1) is 0 Å². The van der Waals surface area contributed by atoms with Gasteiger partial charge in [0.25, 0.3) is 0 Å². The minimum Gasteiger partial charge on any atom is -0.459 e. The van der Waals surface area contributed by atoms with Crippen LogP contribution in [0, 0.1) is 0 Å². The molecule has 0 atom stereocenters. The van der Waals surface area contributed by atoms with E-state index >= 15 is 0 Å². The second kappa shape index (κ2) is 4.66. The van der Waals surface area contributed by atoms with Gasteiger partial charge in [0.2, 0.25) is 0 Å². The summed E-state index contributed by atoms with van der Waals surface area (Å²) in [6.45, 7) is -0.323. The van der Waals surface area contributed by atoms with E-state index in [1.165, 1.54) is 18.2 Å². The molecule has 0 saturated carbocycles. The molecule has 1 aromatic carbocycles.